The zero-order chi connectivity index (χ0) is 12.8. The largest absolute Gasteiger partial charge is 0.149 e. The number of hydrogen-bond donors (Lipinski definition) is 0. The van der Waals surface area contributed by atoms with Crippen LogP contribution in [0.1, 0.15) is 30.3 Å². The first kappa shape index (κ1) is 12.9. The van der Waals surface area contributed by atoms with Crippen LogP contribution >= 0.6 is 0 Å². The fraction of sp³-hybridized carbons (Fsp3) is 0.294. The average Bonchev–Trinajstić information content (AvgIpc) is 2.42. The molecule has 0 N–H and O–H groups in total. The minimum Gasteiger partial charge on any atom is -0.0853 e. The summed E-state index contributed by atoms with van der Waals surface area (Å²) in [5.74, 6) is 0.659. The van der Waals surface area contributed by atoms with Crippen LogP contribution in [-0.2, 0) is 6.32 Å². The number of rotatable bonds is 5. The molecule has 0 aliphatic carbocycles. The molecule has 0 aliphatic rings. The van der Waals surface area contributed by atoms with E-state index in [-0.39, 0.29) is 0 Å². The van der Waals surface area contributed by atoms with Crippen molar-refractivity contribution < 1.29 is 0 Å². The lowest BCUT2D eigenvalue weighted by atomic mass is 9.38. The molecule has 0 radical (unpaired) electrons. The van der Waals surface area contributed by atoms with Crippen LogP contribution in [-0.4, -0.2) is 6.71 Å². The Balaban J connectivity index is 2.09. The summed E-state index contributed by atoms with van der Waals surface area (Å²) in [5.41, 5.74) is 2.92. The molecule has 92 valence electrons. The number of hydrogen-bond acceptors (Lipinski definition) is 0. The monoisotopic (exact) mass is 236 g/mol. The van der Waals surface area contributed by atoms with Gasteiger partial charge in [-0.1, -0.05) is 92.0 Å². The summed E-state index contributed by atoms with van der Waals surface area (Å²) in [6.07, 6.45) is 2.37. The molecular formula is C17H21B. The van der Waals surface area contributed by atoms with Crippen LogP contribution < -0.4 is 0 Å². The normalized spacial score (nSPS) is 12.1. The summed E-state index contributed by atoms with van der Waals surface area (Å²) in [5, 5.41) is 0. The summed E-state index contributed by atoms with van der Waals surface area (Å²) >= 11 is 0. The Bertz CT molecular complexity index is 450. The third-order valence-electron chi connectivity index (χ3n) is 3.75. The lowest BCUT2D eigenvalue weighted by Gasteiger charge is -2.20. The summed E-state index contributed by atoms with van der Waals surface area (Å²) in [7, 11) is 0. The minimum atomic E-state index is 0.659. The molecule has 0 spiro atoms. The molecule has 0 bridgehead atoms. The van der Waals surface area contributed by atoms with Gasteiger partial charge in [0.2, 0.25) is 0 Å². The third kappa shape index (κ3) is 3.26. The molecule has 1 atom stereocenters. The van der Waals surface area contributed by atoms with E-state index in [9.17, 15) is 0 Å². The van der Waals surface area contributed by atoms with Crippen molar-refractivity contribution in [2.75, 3.05) is 0 Å². The molecule has 0 aliphatic heterocycles. The van der Waals surface area contributed by atoms with Crippen LogP contribution in [0.4, 0.5) is 0 Å². The topological polar surface area (TPSA) is 0 Å². The van der Waals surface area contributed by atoms with E-state index in [0.29, 0.717) is 12.5 Å². The summed E-state index contributed by atoms with van der Waals surface area (Å²) < 4.78 is 0. The lowest BCUT2D eigenvalue weighted by Crippen LogP contribution is -2.22. The second-order valence-corrected chi connectivity index (χ2v) is 5.09. The molecule has 0 saturated heterocycles. The highest BCUT2D eigenvalue weighted by atomic mass is 14.1. The maximum atomic E-state index is 2.37. The zero-order valence-corrected chi connectivity index (χ0v) is 11.3. The van der Waals surface area contributed by atoms with Crippen molar-refractivity contribution >= 4 is 6.71 Å². The van der Waals surface area contributed by atoms with E-state index in [4.69, 9.17) is 0 Å². The SMILES string of the molecule is CCC(B(C)Cc1ccccc1)c1ccccc1. The van der Waals surface area contributed by atoms with Crippen molar-refractivity contribution in [3.63, 3.8) is 0 Å². The van der Waals surface area contributed by atoms with E-state index in [1.54, 1.807) is 0 Å². The van der Waals surface area contributed by atoms with Gasteiger partial charge in [0.1, 0.15) is 6.71 Å². The van der Waals surface area contributed by atoms with Gasteiger partial charge in [0.15, 0.2) is 0 Å². The predicted molar refractivity (Wildman–Crippen MR) is 81.2 cm³/mol. The maximum Gasteiger partial charge on any atom is 0.149 e. The maximum absolute atomic E-state index is 2.37. The molecule has 0 aromatic heterocycles. The first-order chi connectivity index (χ1) is 8.81. The molecular weight excluding hydrogens is 215 g/mol. The highest BCUT2D eigenvalue weighted by molar-refractivity contribution is 6.58. The van der Waals surface area contributed by atoms with Crippen LogP contribution in [0, 0.1) is 0 Å². The van der Waals surface area contributed by atoms with E-state index >= 15 is 0 Å². The molecule has 1 unspecified atom stereocenters. The first-order valence-corrected chi connectivity index (χ1v) is 6.90. The highest BCUT2D eigenvalue weighted by Gasteiger charge is 2.20. The van der Waals surface area contributed by atoms with Gasteiger partial charge in [-0.3, -0.25) is 0 Å². The van der Waals surface area contributed by atoms with Crippen LogP contribution in [0.15, 0.2) is 60.7 Å². The van der Waals surface area contributed by atoms with Crippen LogP contribution in [0.2, 0.25) is 6.82 Å². The Labute approximate surface area is 111 Å². The van der Waals surface area contributed by atoms with Crippen LogP contribution in [0.25, 0.3) is 0 Å². The Hall–Kier alpha value is -1.50. The molecule has 0 nitrogen and oxygen atoms in total. The standard InChI is InChI=1S/C17H21B/c1-3-17(16-12-8-5-9-13-16)18(2)14-15-10-6-4-7-11-15/h4-13,17H,3,14H2,1-2H3. The minimum absolute atomic E-state index is 0.659. The van der Waals surface area contributed by atoms with Crippen molar-refractivity contribution in [1.29, 1.82) is 0 Å². The van der Waals surface area contributed by atoms with E-state index in [0.717, 1.165) is 6.32 Å². The molecule has 0 saturated carbocycles. The average molecular weight is 236 g/mol. The van der Waals surface area contributed by atoms with E-state index < -0.39 is 0 Å². The molecule has 0 amide bonds. The second kappa shape index (κ2) is 6.44. The van der Waals surface area contributed by atoms with Gasteiger partial charge in [-0.15, -0.1) is 0 Å². The highest BCUT2D eigenvalue weighted by Crippen LogP contribution is 2.24. The van der Waals surface area contributed by atoms with E-state index in [1.807, 2.05) is 0 Å². The number of benzene rings is 2. The van der Waals surface area contributed by atoms with Gasteiger partial charge in [0.05, 0.1) is 0 Å². The molecule has 18 heavy (non-hydrogen) atoms. The molecule has 2 aromatic rings. The van der Waals surface area contributed by atoms with Gasteiger partial charge in [-0.05, 0) is 12.1 Å². The second-order valence-electron chi connectivity index (χ2n) is 5.09. The Morgan fingerprint density at radius 3 is 2.00 bits per heavy atom. The van der Waals surface area contributed by atoms with Gasteiger partial charge in [-0.25, -0.2) is 0 Å². The molecule has 0 fully saturated rings. The smallest absolute Gasteiger partial charge is 0.0853 e. The summed E-state index contributed by atoms with van der Waals surface area (Å²) in [6, 6.07) is 21.7. The van der Waals surface area contributed by atoms with Crippen LogP contribution in [0.5, 0.6) is 0 Å². The molecule has 2 aromatic carbocycles. The van der Waals surface area contributed by atoms with Crippen molar-refractivity contribution in [2.45, 2.75) is 32.3 Å². The molecule has 0 heterocycles. The van der Waals surface area contributed by atoms with Crippen molar-refractivity contribution in [3.05, 3.63) is 71.8 Å². The quantitative estimate of drug-likeness (QED) is 0.664. The van der Waals surface area contributed by atoms with Gasteiger partial charge in [-0.2, -0.15) is 0 Å². The third-order valence-corrected chi connectivity index (χ3v) is 3.75. The fourth-order valence-electron chi connectivity index (χ4n) is 2.79. The first-order valence-electron chi connectivity index (χ1n) is 6.90. The lowest BCUT2D eigenvalue weighted by molar-refractivity contribution is 0.852. The van der Waals surface area contributed by atoms with E-state index in [1.165, 1.54) is 17.5 Å². The van der Waals surface area contributed by atoms with E-state index in [2.05, 4.69) is 74.4 Å². The summed E-state index contributed by atoms with van der Waals surface area (Å²) in [4.78, 5) is 0. The van der Waals surface area contributed by atoms with Gasteiger partial charge >= 0.3 is 0 Å². The van der Waals surface area contributed by atoms with Crippen molar-refractivity contribution in [3.8, 4) is 0 Å². The van der Waals surface area contributed by atoms with Gasteiger partial charge in [0.25, 0.3) is 0 Å². The predicted octanol–water partition coefficient (Wildman–Crippen LogP) is 4.63. The fourth-order valence-corrected chi connectivity index (χ4v) is 2.79. The van der Waals surface area contributed by atoms with Crippen LogP contribution in [0.3, 0.4) is 0 Å². The Morgan fingerprint density at radius 2 is 1.44 bits per heavy atom. The van der Waals surface area contributed by atoms with Crippen molar-refractivity contribution in [2.24, 2.45) is 0 Å². The molecule has 2 rings (SSSR count). The Morgan fingerprint density at radius 1 is 0.889 bits per heavy atom. The van der Waals surface area contributed by atoms with Gasteiger partial charge in [0, 0.05) is 0 Å². The zero-order valence-electron chi connectivity index (χ0n) is 11.3. The van der Waals surface area contributed by atoms with Crippen molar-refractivity contribution in [1.82, 2.24) is 0 Å². The molecule has 1 heteroatoms. The summed E-state index contributed by atoms with van der Waals surface area (Å²) in [6.45, 7) is 5.34. The van der Waals surface area contributed by atoms with Gasteiger partial charge < -0.3 is 0 Å². The Kier molecular flexibility index (Phi) is 4.63.